The van der Waals surface area contributed by atoms with Gasteiger partial charge in [0.25, 0.3) is 0 Å². The number of carbonyl (C=O) groups excluding carboxylic acids is 1. The molecule has 1 aliphatic carbocycles. The molecule has 1 aliphatic rings. The second-order valence-corrected chi connectivity index (χ2v) is 12.5. The standard InChI is InChI=1S/C33H56N6O/c1-6-7-8-9-10-11-12-13-14-18-24-39-37-32(36-38-39)31(34-27-20-16-15-17-21-27)33(40)35-30-28(25(2)3)22-19-23-29(30)26(4)5/h19,22-23,25-27,31,34H,6-18,20-21,24H2,1-5H3,(H,35,40). The van der Waals surface area contributed by atoms with Crippen molar-refractivity contribution in [3.05, 3.63) is 35.2 Å². The summed E-state index contributed by atoms with van der Waals surface area (Å²) < 4.78 is 0. The second-order valence-electron chi connectivity index (χ2n) is 12.5. The lowest BCUT2D eigenvalue weighted by atomic mass is 9.92. The van der Waals surface area contributed by atoms with E-state index >= 15 is 0 Å². The first-order valence-corrected chi connectivity index (χ1v) is 16.4. The molecule has 1 atom stereocenters. The van der Waals surface area contributed by atoms with Crippen LogP contribution in [0.25, 0.3) is 0 Å². The first-order chi connectivity index (χ1) is 19.4. The lowest BCUT2D eigenvalue weighted by Crippen LogP contribution is -2.41. The number of tetrazole rings is 1. The molecule has 1 amide bonds. The number of para-hydroxylation sites is 1. The predicted octanol–water partition coefficient (Wildman–Crippen LogP) is 8.44. The van der Waals surface area contributed by atoms with Crippen molar-refractivity contribution in [1.29, 1.82) is 0 Å². The highest BCUT2D eigenvalue weighted by molar-refractivity contribution is 5.96. The number of aromatic nitrogens is 4. The molecule has 1 aromatic carbocycles. The number of carbonyl (C=O) groups is 1. The monoisotopic (exact) mass is 552 g/mol. The van der Waals surface area contributed by atoms with Crippen LogP contribution in [0, 0.1) is 0 Å². The summed E-state index contributed by atoms with van der Waals surface area (Å²) in [6, 6.07) is 6.01. The predicted molar refractivity (Wildman–Crippen MR) is 166 cm³/mol. The van der Waals surface area contributed by atoms with Crippen molar-refractivity contribution in [3.63, 3.8) is 0 Å². The van der Waals surface area contributed by atoms with Gasteiger partial charge in [-0.2, -0.15) is 4.80 Å². The number of amides is 1. The Labute approximate surface area is 243 Å². The Morgan fingerprint density at radius 3 is 2.02 bits per heavy atom. The van der Waals surface area contributed by atoms with Gasteiger partial charge in [0.2, 0.25) is 11.7 Å². The molecule has 0 radical (unpaired) electrons. The summed E-state index contributed by atoms with van der Waals surface area (Å²) in [6.45, 7) is 11.7. The minimum absolute atomic E-state index is 0.0981. The number of anilines is 1. The fourth-order valence-electron chi connectivity index (χ4n) is 5.87. The molecule has 1 aromatic heterocycles. The number of hydrogen-bond donors (Lipinski definition) is 2. The summed E-state index contributed by atoms with van der Waals surface area (Å²) in [5.74, 6) is 0.986. The van der Waals surface area contributed by atoms with Crippen molar-refractivity contribution < 1.29 is 4.79 Å². The van der Waals surface area contributed by atoms with Crippen LogP contribution in [0.4, 0.5) is 5.69 Å². The quantitative estimate of drug-likeness (QED) is 0.181. The summed E-state index contributed by atoms with van der Waals surface area (Å²) >= 11 is 0. The average Bonchev–Trinajstić information content (AvgIpc) is 3.41. The van der Waals surface area contributed by atoms with Crippen molar-refractivity contribution >= 4 is 11.6 Å². The number of aryl methyl sites for hydroxylation is 1. The molecule has 1 saturated carbocycles. The molecule has 7 heteroatoms. The van der Waals surface area contributed by atoms with E-state index in [1.165, 1.54) is 77.0 Å². The maximum Gasteiger partial charge on any atom is 0.249 e. The number of rotatable bonds is 18. The van der Waals surface area contributed by atoms with Crippen LogP contribution < -0.4 is 10.6 Å². The van der Waals surface area contributed by atoms with Crippen molar-refractivity contribution in [2.45, 2.75) is 161 Å². The van der Waals surface area contributed by atoms with E-state index in [9.17, 15) is 4.79 Å². The molecule has 224 valence electrons. The normalized spacial score (nSPS) is 15.2. The van der Waals surface area contributed by atoms with Crippen molar-refractivity contribution in [2.75, 3.05) is 5.32 Å². The lowest BCUT2D eigenvalue weighted by Gasteiger charge is -2.27. The maximum atomic E-state index is 13.9. The third-order valence-corrected chi connectivity index (χ3v) is 8.33. The molecule has 1 unspecified atom stereocenters. The fraction of sp³-hybridized carbons (Fsp3) is 0.758. The number of unbranched alkanes of at least 4 members (excludes halogenated alkanes) is 9. The molecular formula is C33H56N6O. The third kappa shape index (κ3) is 10.3. The van der Waals surface area contributed by atoms with Gasteiger partial charge >= 0.3 is 0 Å². The van der Waals surface area contributed by atoms with E-state index in [-0.39, 0.29) is 5.91 Å². The van der Waals surface area contributed by atoms with Crippen molar-refractivity contribution in [2.24, 2.45) is 0 Å². The van der Waals surface area contributed by atoms with Crippen molar-refractivity contribution in [3.8, 4) is 0 Å². The molecule has 40 heavy (non-hydrogen) atoms. The molecule has 1 heterocycles. The summed E-state index contributed by atoms with van der Waals surface area (Å²) in [4.78, 5) is 15.6. The van der Waals surface area contributed by atoms with Gasteiger partial charge in [-0.05, 0) is 47.4 Å². The van der Waals surface area contributed by atoms with Gasteiger partial charge in [0.15, 0.2) is 6.04 Å². The number of nitrogens with zero attached hydrogens (tertiary/aromatic N) is 4. The Hall–Kier alpha value is -2.28. The van der Waals surface area contributed by atoms with E-state index < -0.39 is 6.04 Å². The van der Waals surface area contributed by atoms with E-state index in [1.54, 1.807) is 4.80 Å². The average molecular weight is 553 g/mol. The Balaban J connectivity index is 1.63. The van der Waals surface area contributed by atoms with Crippen molar-refractivity contribution in [1.82, 2.24) is 25.5 Å². The molecule has 3 rings (SSSR count). The Morgan fingerprint density at radius 2 is 1.45 bits per heavy atom. The van der Waals surface area contributed by atoms with E-state index in [4.69, 9.17) is 5.10 Å². The molecule has 0 aliphatic heterocycles. The maximum absolute atomic E-state index is 13.9. The molecule has 0 spiro atoms. The van der Waals surface area contributed by atoms with Gasteiger partial charge in [-0.25, -0.2) is 0 Å². The fourth-order valence-corrected chi connectivity index (χ4v) is 5.87. The lowest BCUT2D eigenvalue weighted by molar-refractivity contribution is -0.118. The van der Waals surface area contributed by atoms with Crippen LogP contribution in [0.1, 0.15) is 166 Å². The van der Waals surface area contributed by atoms with Gasteiger partial charge in [0, 0.05) is 11.7 Å². The summed E-state index contributed by atoms with van der Waals surface area (Å²) in [6.07, 6.45) is 18.8. The second kappa shape index (κ2) is 17.5. The van der Waals surface area contributed by atoms with Crippen LogP contribution >= 0.6 is 0 Å². The largest absolute Gasteiger partial charge is 0.324 e. The Bertz CT molecular complexity index is 968. The molecular weight excluding hydrogens is 496 g/mol. The van der Waals surface area contributed by atoms with Gasteiger partial charge in [-0.1, -0.05) is 130 Å². The minimum Gasteiger partial charge on any atom is -0.324 e. The SMILES string of the molecule is CCCCCCCCCCCCn1nnc(C(NC2CCCCC2)C(=O)Nc2c(C(C)C)cccc2C(C)C)n1. The van der Waals surface area contributed by atoms with E-state index in [2.05, 4.69) is 73.8 Å². The van der Waals surface area contributed by atoms with Crippen LogP contribution in [0.2, 0.25) is 0 Å². The van der Waals surface area contributed by atoms with Crippen LogP contribution in [0.5, 0.6) is 0 Å². The Morgan fingerprint density at radius 1 is 0.875 bits per heavy atom. The van der Waals surface area contributed by atoms with Crippen LogP contribution in [0.3, 0.4) is 0 Å². The smallest absolute Gasteiger partial charge is 0.249 e. The highest BCUT2D eigenvalue weighted by atomic mass is 16.2. The first kappa shape index (κ1) is 32.2. The van der Waals surface area contributed by atoms with Crippen LogP contribution in [-0.4, -0.2) is 32.2 Å². The van der Waals surface area contributed by atoms with Crippen LogP contribution in [-0.2, 0) is 11.3 Å². The molecule has 0 saturated heterocycles. The number of nitrogens with one attached hydrogen (secondary N) is 2. The van der Waals surface area contributed by atoms with Gasteiger partial charge in [0.1, 0.15) is 0 Å². The Kier molecular flexibility index (Phi) is 14.1. The van der Waals surface area contributed by atoms with E-state index in [0.717, 1.165) is 42.6 Å². The molecule has 2 N–H and O–H groups in total. The molecule has 1 fully saturated rings. The number of benzene rings is 1. The van der Waals surface area contributed by atoms with Gasteiger partial charge in [-0.15, -0.1) is 10.2 Å². The van der Waals surface area contributed by atoms with Gasteiger partial charge < -0.3 is 5.32 Å². The molecule has 2 aromatic rings. The van der Waals surface area contributed by atoms with Gasteiger partial charge in [-0.3, -0.25) is 10.1 Å². The van der Waals surface area contributed by atoms with E-state index in [0.29, 0.717) is 23.7 Å². The first-order valence-electron chi connectivity index (χ1n) is 16.4. The highest BCUT2D eigenvalue weighted by Crippen LogP contribution is 2.33. The summed E-state index contributed by atoms with van der Waals surface area (Å²) in [5, 5.41) is 20.4. The topological polar surface area (TPSA) is 84.7 Å². The zero-order chi connectivity index (χ0) is 28.7. The minimum atomic E-state index is -0.621. The van der Waals surface area contributed by atoms with E-state index in [1.807, 2.05) is 0 Å². The van der Waals surface area contributed by atoms with Crippen LogP contribution in [0.15, 0.2) is 18.2 Å². The molecule has 7 nitrogen and oxygen atoms in total. The number of hydrogen-bond acceptors (Lipinski definition) is 5. The van der Waals surface area contributed by atoms with Gasteiger partial charge in [0.05, 0.1) is 6.54 Å². The summed E-state index contributed by atoms with van der Waals surface area (Å²) in [5.41, 5.74) is 3.26. The highest BCUT2D eigenvalue weighted by Gasteiger charge is 2.30. The third-order valence-electron chi connectivity index (χ3n) is 8.33. The molecule has 0 bridgehead atoms. The zero-order valence-corrected chi connectivity index (χ0v) is 26.1. The summed E-state index contributed by atoms with van der Waals surface area (Å²) in [7, 11) is 0. The zero-order valence-electron chi connectivity index (χ0n) is 26.1.